The summed E-state index contributed by atoms with van der Waals surface area (Å²) in [5.41, 5.74) is 1.73. The van der Waals surface area contributed by atoms with Crippen LogP contribution in [0.5, 0.6) is 11.5 Å². The average Bonchev–Trinajstić information content (AvgIpc) is 3.80. The van der Waals surface area contributed by atoms with Crippen LogP contribution in [-0.4, -0.2) is 109 Å². The van der Waals surface area contributed by atoms with E-state index in [1.54, 1.807) is 30.6 Å². The van der Waals surface area contributed by atoms with E-state index < -0.39 is 61.4 Å². The molecule has 17 nitrogen and oxygen atoms in total. The topological polar surface area (TPSA) is 252 Å². The lowest BCUT2D eigenvalue weighted by molar-refractivity contribution is -0.328. The Balaban J connectivity index is 1.25. The first-order valence-corrected chi connectivity index (χ1v) is 18.5. The van der Waals surface area contributed by atoms with Crippen LogP contribution in [0.25, 0.3) is 44.3 Å². The maximum atomic E-state index is 13.5. The molecule has 7 rings (SSSR count). The number of aryl methyl sites for hydroxylation is 2. The van der Waals surface area contributed by atoms with Gasteiger partial charge in [-0.3, -0.25) is 10.1 Å². The number of aromatic nitrogens is 2. The zero-order valence-electron chi connectivity index (χ0n) is 31.7. The number of carbonyl (C=O) groups is 3. The maximum absolute atomic E-state index is 13.5. The molecular formula is C42H41N3O14. The number of H-pyrrole nitrogens is 1. The Labute approximate surface area is 334 Å². The first-order valence-electron chi connectivity index (χ1n) is 18.5. The number of esters is 1. The largest absolute Gasteiger partial charge is 0.508 e. The van der Waals surface area contributed by atoms with Gasteiger partial charge in [-0.2, -0.15) is 4.73 Å². The molecule has 0 amide bonds. The number of nitrogens with zero attached hydrogens (tertiary/aromatic N) is 1. The van der Waals surface area contributed by atoms with E-state index in [0.717, 1.165) is 22.1 Å². The standard InChI is InChI=1S/C42H41N3O14/c1-22-14-23(2)16-26(15-22)35-33-25(10-12-44-33)18-45(35)59-38-41(57-28-8-9-29-31(17-28)55-19-30(36(29)49)24-4-6-27(48)7-5-24)58-32(37(50)42(38,54)21-47)20-56-40(53)34(39(51)52)43-11-3-13-46/h4-10,12-19,32,34,37-38,41,43-44,47-48,50,54H,3,11,20-21H2,1-2H3,(H,51,52)/t32-,34+,37-,38+,41-,42+/m0/s1. The molecule has 59 heavy (non-hydrogen) atoms. The molecule has 6 aromatic rings. The van der Waals surface area contributed by atoms with Crippen molar-refractivity contribution in [2.45, 2.75) is 56.5 Å². The quantitative estimate of drug-likeness (QED) is 0.0341. The number of aldehydes is 1. The molecule has 0 saturated carbocycles. The van der Waals surface area contributed by atoms with Gasteiger partial charge in [0.2, 0.25) is 18.4 Å². The van der Waals surface area contributed by atoms with Crippen LogP contribution in [-0.2, 0) is 23.9 Å². The van der Waals surface area contributed by atoms with Gasteiger partial charge in [0.1, 0.15) is 54.1 Å². The van der Waals surface area contributed by atoms with Crippen molar-refractivity contribution >= 4 is 40.1 Å². The van der Waals surface area contributed by atoms with Gasteiger partial charge in [-0.05, 0) is 61.9 Å². The van der Waals surface area contributed by atoms with Crippen LogP contribution in [0.3, 0.4) is 0 Å². The van der Waals surface area contributed by atoms with Crippen molar-refractivity contribution in [1.82, 2.24) is 15.0 Å². The summed E-state index contributed by atoms with van der Waals surface area (Å²) in [6.45, 7) is 1.79. The number of benzene rings is 3. The number of rotatable bonds is 15. The number of fused-ring (bicyclic) bond motifs is 2. The number of hydrogen-bond acceptors (Lipinski definition) is 14. The Kier molecular flexibility index (Phi) is 11.6. The van der Waals surface area contributed by atoms with Crippen molar-refractivity contribution in [3.05, 3.63) is 107 Å². The van der Waals surface area contributed by atoms with Crippen molar-refractivity contribution in [2.75, 3.05) is 19.8 Å². The number of nitrogens with one attached hydrogen (secondary N) is 2. The van der Waals surface area contributed by atoms with E-state index in [1.807, 2.05) is 32.0 Å². The molecule has 0 radical (unpaired) electrons. The molecule has 0 aliphatic carbocycles. The fourth-order valence-electron chi connectivity index (χ4n) is 7.13. The van der Waals surface area contributed by atoms with E-state index in [1.165, 1.54) is 41.3 Å². The number of aromatic amines is 1. The number of aliphatic carboxylic acids is 1. The molecule has 17 heteroatoms. The summed E-state index contributed by atoms with van der Waals surface area (Å²) in [5.74, 6) is -2.81. The second-order valence-electron chi connectivity index (χ2n) is 14.3. The van der Waals surface area contributed by atoms with Crippen molar-refractivity contribution in [2.24, 2.45) is 0 Å². The fraction of sp³-hybridized carbons (Fsp3) is 0.286. The van der Waals surface area contributed by atoms with Gasteiger partial charge in [0, 0.05) is 36.2 Å². The predicted octanol–water partition coefficient (Wildman–Crippen LogP) is 2.59. The van der Waals surface area contributed by atoms with Crippen molar-refractivity contribution in [3.63, 3.8) is 0 Å². The Bertz CT molecular complexity index is 2540. The van der Waals surface area contributed by atoms with Gasteiger partial charge in [-0.1, -0.05) is 29.3 Å². The first-order chi connectivity index (χ1) is 28.3. The number of hydrogen-bond donors (Lipinski definition) is 7. The smallest absolute Gasteiger partial charge is 0.334 e. The summed E-state index contributed by atoms with van der Waals surface area (Å²) < 4.78 is 24.8. The van der Waals surface area contributed by atoms with Gasteiger partial charge >= 0.3 is 11.9 Å². The summed E-state index contributed by atoms with van der Waals surface area (Å²) in [6, 6.07) is 16.1. The lowest BCUT2D eigenvalue weighted by Crippen LogP contribution is -2.72. The SMILES string of the molecule is Cc1cc(C)cc(-c2c3[nH]ccc3cn2O[C@@H]2[C@@H](Oc3ccc4c(=O)c(-c5ccc(O)cc5)coc4c3)O[C@@H](COC(=O)[C@H](NCCC=O)C(=O)O)[C@H](O)[C@]2(O)CO)c1. The highest BCUT2D eigenvalue weighted by atomic mass is 16.8. The molecule has 6 atom stereocenters. The number of aromatic hydroxyl groups is 1. The van der Waals surface area contributed by atoms with Crippen LogP contribution in [0.15, 0.2) is 94.6 Å². The number of carboxylic acids is 1. The molecule has 7 N–H and O–H groups in total. The van der Waals surface area contributed by atoms with Crippen LogP contribution in [0.2, 0.25) is 0 Å². The van der Waals surface area contributed by atoms with Crippen LogP contribution in [0.1, 0.15) is 17.5 Å². The van der Waals surface area contributed by atoms with Crippen LogP contribution in [0.4, 0.5) is 0 Å². The number of phenols is 1. The van der Waals surface area contributed by atoms with E-state index in [9.17, 15) is 44.7 Å². The minimum Gasteiger partial charge on any atom is -0.508 e. The molecule has 3 aromatic carbocycles. The Morgan fingerprint density at radius 2 is 1.80 bits per heavy atom. The molecule has 4 heterocycles. The molecular weight excluding hydrogens is 770 g/mol. The fourth-order valence-corrected chi connectivity index (χ4v) is 7.13. The lowest BCUT2D eigenvalue weighted by atomic mass is 9.84. The lowest BCUT2D eigenvalue weighted by Gasteiger charge is -2.48. The molecule has 0 unspecified atom stereocenters. The Morgan fingerprint density at radius 1 is 1.05 bits per heavy atom. The number of aliphatic hydroxyl groups excluding tert-OH is 2. The summed E-state index contributed by atoms with van der Waals surface area (Å²) in [4.78, 5) is 58.6. The zero-order chi connectivity index (χ0) is 42.0. The van der Waals surface area contributed by atoms with Crippen LogP contribution < -0.4 is 20.3 Å². The van der Waals surface area contributed by atoms with Gasteiger partial charge in [0.15, 0.2) is 11.0 Å². The third kappa shape index (κ3) is 8.14. The van der Waals surface area contributed by atoms with Gasteiger partial charge in [0.05, 0.1) is 29.3 Å². The molecule has 1 fully saturated rings. The molecule has 1 aliphatic rings. The van der Waals surface area contributed by atoms with Gasteiger partial charge < -0.3 is 58.8 Å². The van der Waals surface area contributed by atoms with E-state index in [2.05, 4.69) is 10.3 Å². The Morgan fingerprint density at radius 3 is 2.49 bits per heavy atom. The van der Waals surface area contributed by atoms with Crippen molar-refractivity contribution in [3.8, 4) is 33.9 Å². The molecule has 0 bridgehead atoms. The maximum Gasteiger partial charge on any atom is 0.334 e. The summed E-state index contributed by atoms with van der Waals surface area (Å²) in [6.07, 6.45) is -1.98. The minimum atomic E-state index is -2.59. The van der Waals surface area contributed by atoms with Crippen LogP contribution >= 0.6 is 0 Å². The second kappa shape index (κ2) is 16.8. The van der Waals surface area contributed by atoms with Gasteiger partial charge in [-0.15, -0.1) is 0 Å². The second-order valence-corrected chi connectivity index (χ2v) is 14.3. The highest BCUT2D eigenvalue weighted by Crippen LogP contribution is 2.36. The third-order valence-electron chi connectivity index (χ3n) is 10.0. The highest BCUT2D eigenvalue weighted by Gasteiger charge is 2.59. The van der Waals surface area contributed by atoms with E-state index in [0.29, 0.717) is 23.1 Å². The van der Waals surface area contributed by atoms with Crippen molar-refractivity contribution in [1.29, 1.82) is 0 Å². The number of phenolic OH excluding ortho intramolecular Hbond substituents is 1. The predicted molar refractivity (Wildman–Crippen MR) is 210 cm³/mol. The normalized spacial score (nSPS) is 21.0. The summed E-state index contributed by atoms with van der Waals surface area (Å²) in [5, 5.41) is 57.2. The molecule has 3 aromatic heterocycles. The van der Waals surface area contributed by atoms with E-state index in [-0.39, 0.29) is 46.4 Å². The minimum absolute atomic E-state index is 0.0253. The van der Waals surface area contributed by atoms with Crippen LogP contribution in [0, 0.1) is 13.8 Å². The number of aliphatic hydroxyl groups is 3. The van der Waals surface area contributed by atoms with Gasteiger partial charge in [-0.25, -0.2) is 9.59 Å². The number of carboxylic acid groups (broad SMARTS) is 1. The first kappa shape index (κ1) is 40.7. The molecule has 1 aliphatic heterocycles. The monoisotopic (exact) mass is 811 g/mol. The Hall–Kier alpha value is -6.50. The van der Waals surface area contributed by atoms with E-state index in [4.69, 9.17) is 23.5 Å². The number of ether oxygens (including phenoxy) is 3. The molecule has 0 spiro atoms. The highest BCUT2D eigenvalue weighted by molar-refractivity contribution is 5.98. The summed E-state index contributed by atoms with van der Waals surface area (Å²) >= 11 is 0. The summed E-state index contributed by atoms with van der Waals surface area (Å²) in [7, 11) is 0. The molecule has 308 valence electrons. The van der Waals surface area contributed by atoms with Crippen molar-refractivity contribution < 1.29 is 63.4 Å². The zero-order valence-corrected chi connectivity index (χ0v) is 31.7. The van der Waals surface area contributed by atoms with Gasteiger partial charge in [0.25, 0.3) is 0 Å². The third-order valence-corrected chi connectivity index (χ3v) is 10.0. The molecule has 1 saturated heterocycles. The average molecular weight is 812 g/mol. The number of carbonyl (C=O) groups excluding carboxylic acids is 2. The van der Waals surface area contributed by atoms with E-state index >= 15 is 0 Å².